The maximum Gasteiger partial charge on any atom is 0.225 e. The Morgan fingerprint density at radius 1 is 1.42 bits per heavy atom. The molecule has 2 heterocycles. The summed E-state index contributed by atoms with van der Waals surface area (Å²) in [5.74, 6) is 0.743. The number of nitrogens with zero attached hydrogens (tertiary/aromatic N) is 2. The molecule has 4 nitrogen and oxygen atoms in total. The predicted molar refractivity (Wildman–Crippen MR) is 81.2 cm³/mol. The monoisotopic (exact) mass is 299 g/mol. The van der Waals surface area contributed by atoms with E-state index >= 15 is 0 Å². The second-order valence-corrected chi connectivity index (χ2v) is 6.76. The van der Waals surface area contributed by atoms with Crippen molar-refractivity contribution < 1.29 is 5.11 Å². The van der Waals surface area contributed by atoms with E-state index in [1.165, 1.54) is 4.88 Å². The van der Waals surface area contributed by atoms with Gasteiger partial charge in [0.2, 0.25) is 5.28 Å². The summed E-state index contributed by atoms with van der Waals surface area (Å²) in [6.45, 7) is 6.84. The number of fused-ring (bicyclic) bond motifs is 1. The topological polar surface area (TPSA) is 58.0 Å². The van der Waals surface area contributed by atoms with E-state index in [2.05, 4.69) is 28.3 Å². The number of anilines is 1. The van der Waals surface area contributed by atoms with Crippen LogP contribution in [0.15, 0.2) is 6.07 Å². The van der Waals surface area contributed by atoms with Gasteiger partial charge in [0.05, 0.1) is 5.39 Å². The predicted octanol–water partition coefficient (Wildman–Crippen LogP) is 3.34. The summed E-state index contributed by atoms with van der Waals surface area (Å²) >= 11 is 7.59. The fraction of sp³-hybridized carbons (Fsp3) is 0.538. The average molecular weight is 300 g/mol. The van der Waals surface area contributed by atoms with E-state index in [0.717, 1.165) is 22.5 Å². The Morgan fingerprint density at radius 3 is 2.79 bits per heavy atom. The average Bonchev–Trinajstić information content (AvgIpc) is 2.79. The fourth-order valence-electron chi connectivity index (χ4n) is 1.63. The molecule has 2 aromatic heterocycles. The van der Waals surface area contributed by atoms with Gasteiger partial charge >= 0.3 is 0 Å². The standard InChI is InChI=1S/C13H18ClN3OS/c1-4-8-5-9-10(15-6-13(2,3)7-18)16-12(14)17-11(9)19-8/h5,18H,4,6-7H2,1-3H3,(H,15,16,17). The number of thiophene rings is 1. The van der Waals surface area contributed by atoms with Gasteiger partial charge in [-0.05, 0) is 24.1 Å². The van der Waals surface area contributed by atoms with Crippen LogP contribution in [-0.2, 0) is 6.42 Å². The summed E-state index contributed by atoms with van der Waals surface area (Å²) in [6.07, 6.45) is 0.972. The highest BCUT2D eigenvalue weighted by atomic mass is 35.5. The zero-order chi connectivity index (χ0) is 14.0. The molecular formula is C13H18ClN3OS. The van der Waals surface area contributed by atoms with Gasteiger partial charge in [0, 0.05) is 23.4 Å². The zero-order valence-corrected chi connectivity index (χ0v) is 12.9. The van der Waals surface area contributed by atoms with E-state index in [4.69, 9.17) is 11.6 Å². The number of aliphatic hydroxyl groups is 1. The van der Waals surface area contributed by atoms with Crippen LogP contribution < -0.4 is 5.32 Å². The van der Waals surface area contributed by atoms with Gasteiger partial charge < -0.3 is 10.4 Å². The first-order valence-electron chi connectivity index (χ1n) is 6.26. The summed E-state index contributed by atoms with van der Waals surface area (Å²) in [5, 5.41) is 13.8. The Hall–Kier alpha value is -0.910. The Bertz CT molecular complexity index is 583. The molecule has 0 atom stereocenters. The number of nitrogens with one attached hydrogen (secondary N) is 1. The molecule has 0 bridgehead atoms. The molecule has 0 fully saturated rings. The highest BCUT2D eigenvalue weighted by molar-refractivity contribution is 7.18. The van der Waals surface area contributed by atoms with Crippen molar-refractivity contribution in [3.05, 3.63) is 16.2 Å². The van der Waals surface area contributed by atoms with Gasteiger partial charge in [0.15, 0.2) is 0 Å². The van der Waals surface area contributed by atoms with Gasteiger partial charge in [0.1, 0.15) is 10.6 Å². The molecule has 0 saturated carbocycles. The van der Waals surface area contributed by atoms with Gasteiger partial charge in [-0.1, -0.05) is 20.8 Å². The molecule has 0 amide bonds. The molecule has 104 valence electrons. The van der Waals surface area contributed by atoms with Crippen molar-refractivity contribution in [2.75, 3.05) is 18.5 Å². The molecule has 6 heteroatoms. The molecule has 0 radical (unpaired) electrons. The summed E-state index contributed by atoms with van der Waals surface area (Å²) in [7, 11) is 0. The van der Waals surface area contributed by atoms with Crippen molar-refractivity contribution in [1.29, 1.82) is 0 Å². The van der Waals surface area contributed by atoms with Crippen LogP contribution in [0, 0.1) is 5.41 Å². The third-order valence-corrected chi connectivity index (χ3v) is 4.27. The third kappa shape index (κ3) is 3.35. The van der Waals surface area contributed by atoms with Gasteiger partial charge in [-0.25, -0.2) is 9.97 Å². The number of hydrogen-bond acceptors (Lipinski definition) is 5. The number of aryl methyl sites for hydroxylation is 1. The minimum absolute atomic E-state index is 0.117. The molecule has 2 aromatic rings. The van der Waals surface area contributed by atoms with Gasteiger partial charge in [0.25, 0.3) is 0 Å². The largest absolute Gasteiger partial charge is 0.396 e. The van der Waals surface area contributed by atoms with Crippen LogP contribution in [0.3, 0.4) is 0 Å². The lowest BCUT2D eigenvalue weighted by Crippen LogP contribution is -2.27. The number of hydrogen-bond donors (Lipinski definition) is 2. The normalized spacial score (nSPS) is 12.1. The van der Waals surface area contributed by atoms with Crippen molar-refractivity contribution in [2.24, 2.45) is 5.41 Å². The van der Waals surface area contributed by atoms with Gasteiger partial charge in [-0.2, -0.15) is 0 Å². The summed E-state index contributed by atoms with van der Waals surface area (Å²) in [4.78, 5) is 10.7. The zero-order valence-electron chi connectivity index (χ0n) is 11.3. The number of rotatable bonds is 5. The summed E-state index contributed by atoms with van der Waals surface area (Å²) in [6, 6.07) is 2.10. The Morgan fingerprint density at radius 2 is 2.16 bits per heavy atom. The summed E-state index contributed by atoms with van der Waals surface area (Å²) < 4.78 is 0. The smallest absolute Gasteiger partial charge is 0.225 e. The van der Waals surface area contributed by atoms with E-state index in [-0.39, 0.29) is 17.3 Å². The van der Waals surface area contributed by atoms with E-state index in [1.807, 2.05) is 13.8 Å². The minimum atomic E-state index is -0.201. The van der Waals surface area contributed by atoms with Gasteiger partial charge in [-0.3, -0.25) is 0 Å². The van der Waals surface area contributed by atoms with E-state index < -0.39 is 0 Å². The molecule has 0 spiro atoms. The molecule has 2 rings (SSSR count). The first-order chi connectivity index (χ1) is 8.95. The van der Waals surface area contributed by atoms with E-state index in [0.29, 0.717) is 6.54 Å². The highest BCUT2D eigenvalue weighted by Crippen LogP contribution is 2.30. The van der Waals surface area contributed by atoms with Crippen LogP contribution in [0.2, 0.25) is 5.28 Å². The lowest BCUT2D eigenvalue weighted by molar-refractivity contribution is 0.171. The minimum Gasteiger partial charge on any atom is -0.396 e. The van der Waals surface area contributed by atoms with Gasteiger partial charge in [-0.15, -0.1) is 11.3 Å². The first-order valence-corrected chi connectivity index (χ1v) is 7.45. The van der Waals surface area contributed by atoms with Crippen molar-refractivity contribution in [1.82, 2.24) is 9.97 Å². The van der Waals surface area contributed by atoms with Crippen LogP contribution in [0.4, 0.5) is 5.82 Å². The second kappa shape index (κ2) is 5.61. The fourth-order valence-corrected chi connectivity index (χ4v) is 2.82. The number of aliphatic hydroxyl groups excluding tert-OH is 1. The lowest BCUT2D eigenvalue weighted by Gasteiger charge is -2.22. The molecule has 19 heavy (non-hydrogen) atoms. The number of halogens is 1. The second-order valence-electron chi connectivity index (χ2n) is 5.30. The SMILES string of the molecule is CCc1cc2c(NCC(C)(C)CO)nc(Cl)nc2s1. The van der Waals surface area contributed by atoms with Crippen LogP contribution >= 0.6 is 22.9 Å². The van der Waals surface area contributed by atoms with E-state index in [1.54, 1.807) is 11.3 Å². The van der Waals surface area contributed by atoms with Crippen LogP contribution in [0.5, 0.6) is 0 Å². The molecule has 0 aliphatic rings. The Kier molecular flexibility index (Phi) is 4.28. The first kappa shape index (κ1) is 14.5. The van der Waals surface area contributed by atoms with Crippen LogP contribution in [0.25, 0.3) is 10.2 Å². The van der Waals surface area contributed by atoms with Crippen LogP contribution in [-0.4, -0.2) is 28.2 Å². The molecule has 0 saturated heterocycles. The molecule has 0 aliphatic carbocycles. The van der Waals surface area contributed by atoms with Crippen molar-refractivity contribution in [3.8, 4) is 0 Å². The molecule has 0 unspecified atom stereocenters. The van der Waals surface area contributed by atoms with E-state index in [9.17, 15) is 5.11 Å². The molecule has 0 aromatic carbocycles. The molecule has 0 aliphatic heterocycles. The van der Waals surface area contributed by atoms with Crippen molar-refractivity contribution >= 4 is 39.0 Å². The molecule has 2 N–H and O–H groups in total. The Balaban J connectivity index is 2.33. The Labute approximate surface area is 121 Å². The lowest BCUT2D eigenvalue weighted by atomic mass is 9.95. The quantitative estimate of drug-likeness (QED) is 0.831. The number of aromatic nitrogens is 2. The summed E-state index contributed by atoms with van der Waals surface area (Å²) in [5.41, 5.74) is -0.201. The van der Waals surface area contributed by atoms with Crippen molar-refractivity contribution in [2.45, 2.75) is 27.2 Å². The van der Waals surface area contributed by atoms with Crippen LogP contribution in [0.1, 0.15) is 25.6 Å². The highest BCUT2D eigenvalue weighted by Gasteiger charge is 2.18. The van der Waals surface area contributed by atoms with Crippen molar-refractivity contribution in [3.63, 3.8) is 0 Å². The maximum atomic E-state index is 9.29. The maximum absolute atomic E-state index is 9.29. The third-order valence-electron chi connectivity index (χ3n) is 2.93. The molecular weight excluding hydrogens is 282 g/mol.